The molecule has 0 bridgehead atoms. The van der Waals surface area contributed by atoms with Crippen LogP contribution in [0, 0.1) is 17.0 Å². The first-order valence-corrected chi connectivity index (χ1v) is 8.54. The molecular weight excluding hydrogens is 310 g/mol. The highest BCUT2D eigenvalue weighted by Gasteiger charge is 2.20. The van der Waals surface area contributed by atoms with Crippen LogP contribution in [0.3, 0.4) is 0 Å². The van der Waals surface area contributed by atoms with Gasteiger partial charge in [-0.25, -0.2) is 0 Å². The van der Waals surface area contributed by atoms with E-state index in [-0.39, 0.29) is 10.6 Å². The van der Waals surface area contributed by atoms with Crippen molar-refractivity contribution >= 4 is 17.7 Å². The summed E-state index contributed by atoms with van der Waals surface area (Å²) in [4.78, 5) is 11.9. The lowest BCUT2D eigenvalue weighted by atomic mass is 10.1. The second-order valence-electron chi connectivity index (χ2n) is 5.41. The van der Waals surface area contributed by atoms with Gasteiger partial charge in [0.05, 0.1) is 21.9 Å². The zero-order valence-corrected chi connectivity index (χ0v) is 14.3. The molecule has 2 aromatic carbocycles. The quantitative estimate of drug-likeness (QED) is 0.268. The van der Waals surface area contributed by atoms with E-state index in [0.717, 1.165) is 41.7 Å². The van der Waals surface area contributed by atoms with Gasteiger partial charge in [0.25, 0.3) is 0 Å². The molecule has 0 heterocycles. The minimum atomic E-state index is -0.378. The van der Waals surface area contributed by atoms with E-state index < -0.39 is 0 Å². The Balaban J connectivity index is 2.23. The average Bonchev–Trinajstić information content (AvgIpc) is 2.54. The topological polar surface area (TPSA) is 52.4 Å². The first-order valence-electron chi connectivity index (χ1n) is 7.80. The molecule has 0 saturated heterocycles. The molecule has 0 aliphatic carbocycles. The molecule has 0 unspecified atom stereocenters. The van der Waals surface area contributed by atoms with Crippen molar-refractivity contribution in [2.75, 3.05) is 0 Å². The van der Waals surface area contributed by atoms with Crippen molar-refractivity contribution < 1.29 is 9.11 Å². The monoisotopic (exact) mass is 331 g/mol. The molecule has 23 heavy (non-hydrogen) atoms. The number of hydrogen-bond donors (Lipinski definition) is 0. The van der Waals surface area contributed by atoms with Crippen LogP contribution in [0.15, 0.2) is 47.4 Å². The fourth-order valence-electron chi connectivity index (χ4n) is 2.31. The van der Waals surface area contributed by atoms with Gasteiger partial charge >= 0.3 is 5.69 Å². The molecule has 122 valence electrons. The van der Waals surface area contributed by atoms with E-state index in [9.17, 15) is 10.1 Å². The van der Waals surface area contributed by atoms with Gasteiger partial charge in [-0.3, -0.25) is 10.1 Å². The summed E-state index contributed by atoms with van der Waals surface area (Å²) in [5.41, 5.74) is 2.01. The summed E-state index contributed by atoms with van der Waals surface area (Å²) in [5.74, 6) is 0.377. The molecule has 0 aliphatic rings. The number of para-hydroxylation sites is 1. The number of aryl methyl sites for hydroxylation is 2. The van der Waals surface area contributed by atoms with Crippen LogP contribution in [0.2, 0.25) is 0 Å². The smallest absolute Gasteiger partial charge is 0.312 e. The van der Waals surface area contributed by atoms with Crippen LogP contribution in [-0.2, 0) is 6.42 Å². The SMILES string of the molecule is CCCCCc1cccc([N+](=O)[O-])c1OSc1ccccc1C. The van der Waals surface area contributed by atoms with Crippen molar-refractivity contribution in [2.24, 2.45) is 0 Å². The third kappa shape index (κ3) is 4.73. The molecule has 0 spiro atoms. The fourth-order valence-corrected chi connectivity index (χ4v) is 3.01. The van der Waals surface area contributed by atoms with E-state index in [1.54, 1.807) is 6.07 Å². The Morgan fingerprint density at radius 1 is 1.13 bits per heavy atom. The maximum absolute atomic E-state index is 11.3. The van der Waals surface area contributed by atoms with Crippen LogP contribution in [0.5, 0.6) is 5.75 Å². The third-order valence-electron chi connectivity index (χ3n) is 3.63. The predicted octanol–water partition coefficient (Wildman–Crippen LogP) is 5.72. The molecule has 0 N–H and O–H groups in total. The molecule has 0 fully saturated rings. The molecule has 0 atom stereocenters. The number of hydrogen-bond acceptors (Lipinski definition) is 4. The van der Waals surface area contributed by atoms with Crippen LogP contribution in [0.4, 0.5) is 5.69 Å². The summed E-state index contributed by atoms with van der Waals surface area (Å²) >= 11 is 1.18. The lowest BCUT2D eigenvalue weighted by Gasteiger charge is -2.11. The highest BCUT2D eigenvalue weighted by molar-refractivity contribution is 7.95. The molecule has 0 amide bonds. The minimum Gasteiger partial charge on any atom is -0.413 e. The number of rotatable bonds is 8. The minimum absolute atomic E-state index is 0.0279. The largest absolute Gasteiger partial charge is 0.413 e. The van der Waals surface area contributed by atoms with E-state index in [1.165, 1.54) is 18.1 Å². The van der Waals surface area contributed by atoms with Crippen molar-refractivity contribution in [1.82, 2.24) is 0 Å². The number of nitro benzene ring substituents is 1. The molecule has 0 saturated carbocycles. The van der Waals surface area contributed by atoms with Crippen LogP contribution in [0.25, 0.3) is 0 Å². The number of nitrogens with zero attached hydrogens (tertiary/aromatic N) is 1. The third-order valence-corrected chi connectivity index (χ3v) is 4.52. The second kappa shape index (κ2) is 8.58. The van der Waals surface area contributed by atoms with Crippen molar-refractivity contribution in [3.05, 3.63) is 63.7 Å². The second-order valence-corrected chi connectivity index (χ2v) is 6.18. The number of nitro groups is 1. The first-order chi connectivity index (χ1) is 11.1. The highest BCUT2D eigenvalue weighted by Crippen LogP contribution is 2.36. The Morgan fingerprint density at radius 2 is 1.91 bits per heavy atom. The predicted molar refractivity (Wildman–Crippen MR) is 94.0 cm³/mol. The first kappa shape index (κ1) is 17.3. The highest BCUT2D eigenvalue weighted by atomic mass is 32.2. The molecule has 0 radical (unpaired) electrons. The van der Waals surface area contributed by atoms with Crippen LogP contribution < -0.4 is 4.18 Å². The van der Waals surface area contributed by atoms with Crippen LogP contribution in [-0.4, -0.2) is 4.92 Å². The summed E-state index contributed by atoms with van der Waals surface area (Å²) in [5, 5.41) is 11.3. The molecule has 5 heteroatoms. The molecule has 2 rings (SSSR count). The molecular formula is C18H21NO3S. The van der Waals surface area contributed by atoms with Gasteiger partial charge in [-0.05, 0) is 31.4 Å². The summed E-state index contributed by atoms with van der Waals surface area (Å²) in [6.07, 6.45) is 4.01. The van der Waals surface area contributed by atoms with E-state index in [1.807, 2.05) is 37.3 Å². The summed E-state index contributed by atoms with van der Waals surface area (Å²) in [6, 6.07) is 13.0. The Labute approximate surface area is 141 Å². The maximum Gasteiger partial charge on any atom is 0.312 e. The van der Waals surface area contributed by atoms with Crippen molar-refractivity contribution in [2.45, 2.75) is 44.4 Å². The number of unbranched alkanes of at least 4 members (excludes halogenated alkanes) is 2. The van der Waals surface area contributed by atoms with Crippen LogP contribution >= 0.6 is 12.0 Å². The van der Waals surface area contributed by atoms with Gasteiger partial charge < -0.3 is 4.18 Å². The van der Waals surface area contributed by atoms with Crippen molar-refractivity contribution in [3.8, 4) is 5.75 Å². The molecule has 0 aliphatic heterocycles. The Kier molecular flexibility index (Phi) is 6.47. The standard InChI is InChI=1S/C18H21NO3S/c1-3-4-5-10-15-11-8-12-16(19(20)21)18(15)22-23-17-13-7-6-9-14(17)2/h6-9,11-13H,3-5,10H2,1-2H3. The van der Waals surface area contributed by atoms with Gasteiger partial charge in [-0.2, -0.15) is 0 Å². The Bertz CT molecular complexity index is 673. The molecule has 4 nitrogen and oxygen atoms in total. The summed E-state index contributed by atoms with van der Waals surface area (Å²) in [7, 11) is 0. The zero-order chi connectivity index (χ0) is 16.7. The van der Waals surface area contributed by atoms with Gasteiger partial charge in [-0.1, -0.05) is 50.1 Å². The lowest BCUT2D eigenvalue weighted by molar-refractivity contribution is -0.385. The van der Waals surface area contributed by atoms with E-state index in [4.69, 9.17) is 4.18 Å². The van der Waals surface area contributed by atoms with Gasteiger partial charge in [0.15, 0.2) is 0 Å². The van der Waals surface area contributed by atoms with Crippen LogP contribution in [0.1, 0.15) is 37.3 Å². The Hall–Kier alpha value is -2.01. The summed E-state index contributed by atoms with van der Waals surface area (Å²) in [6.45, 7) is 4.13. The lowest BCUT2D eigenvalue weighted by Crippen LogP contribution is -1.98. The van der Waals surface area contributed by atoms with E-state index in [2.05, 4.69) is 6.92 Å². The van der Waals surface area contributed by atoms with Gasteiger partial charge in [0.2, 0.25) is 5.75 Å². The Morgan fingerprint density at radius 3 is 2.61 bits per heavy atom. The normalized spacial score (nSPS) is 10.5. The van der Waals surface area contributed by atoms with Gasteiger partial charge in [0, 0.05) is 11.6 Å². The molecule has 0 aromatic heterocycles. The summed E-state index contributed by atoms with van der Waals surface area (Å²) < 4.78 is 5.80. The van der Waals surface area contributed by atoms with E-state index in [0.29, 0.717) is 5.75 Å². The van der Waals surface area contributed by atoms with Gasteiger partial charge in [-0.15, -0.1) is 0 Å². The average molecular weight is 331 g/mol. The maximum atomic E-state index is 11.3. The van der Waals surface area contributed by atoms with Crippen molar-refractivity contribution in [1.29, 1.82) is 0 Å². The fraction of sp³-hybridized carbons (Fsp3) is 0.333. The van der Waals surface area contributed by atoms with Gasteiger partial charge in [0.1, 0.15) is 0 Å². The van der Waals surface area contributed by atoms with E-state index >= 15 is 0 Å². The zero-order valence-electron chi connectivity index (χ0n) is 13.5. The molecule has 2 aromatic rings. The number of benzene rings is 2. The van der Waals surface area contributed by atoms with Crippen molar-refractivity contribution in [3.63, 3.8) is 0 Å².